The summed E-state index contributed by atoms with van der Waals surface area (Å²) >= 11 is 0. The van der Waals surface area contributed by atoms with Gasteiger partial charge in [-0.25, -0.2) is 0 Å². The van der Waals surface area contributed by atoms with Gasteiger partial charge in [0.2, 0.25) is 0 Å². The molecule has 0 bridgehead atoms. The fourth-order valence-corrected chi connectivity index (χ4v) is 1.60. The van der Waals surface area contributed by atoms with E-state index in [0.29, 0.717) is 0 Å². The number of methoxy groups -OCH3 is 1. The summed E-state index contributed by atoms with van der Waals surface area (Å²) in [5.41, 5.74) is 1.08. The quantitative estimate of drug-likeness (QED) is 0.529. The van der Waals surface area contributed by atoms with Gasteiger partial charge in [-0.05, 0) is 31.4 Å². The summed E-state index contributed by atoms with van der Waals surface area (Å²) in [6, 6.07) is 8.01. The van der Waals surface area contributed by atoms with Crippen molar-refractivity contribution in [1.29, 1.82) is 0 Å². The number of hydrogen-bond donors (Lipinski definition) is 1. The summed E-state index contributed by atoms with van der Waals surface area (Å²) in [5, 5.41) is 3.39. The molecule has 0 aliphatic carbocycles. The number of unbranched alkanes of at least 4 members (excludes halogenated alkanes) is 3. The molecule has 0 heterocycles. The van der Waals surface area contributed by atoms with Crippen LogP contribution in [0, 0.1) is 0 Å². The maximum atomic E-state index is 5.27. The van der Waals surface area contributed by atoms with Gasteiger partial charge in [0.05, 0.1) is 12.8 Å². The van der Waals surface area contributed by atoms with Gasteiger partial charge in [0.15, 0.2) is 0 Å². The number of rotatable bonds is 8. The topological polar surface area (TPSA) is 21.3 Å². The Kier molecular flexibility index (Phi) is 6.16. The Morgan fingerprint density at radius 1 is 1.25 bits per heavy atom. The van der Waals surface area contributed by atoms with Gasteiger partial charge in [-0.1, -0.05) is 24.6 Å². The lowest BCUT2D eigenvalue weighted by Gasteiger charge is -2.10. The van der Waals surface area contributed by atoms with Crippen molar-refractivity contribution in [2.45, 2.75) is 25.7 Å². The van der Waals surface area contributed by atoms with E-state index in [2.05, 4.69) is 11.9 Å². The first kappa shape index (κ1) is 12.6. The standard InChI is InChI=1S/C14H21NO/c1-3-4-5-6-9-12-15-13-10-7-8-11-14(13)16-2/h3,7-8,10-11,15H,1,4-6,9,12H2,2H3. The van der Waals surface area contributed by atoms with Crippen LogP contribution in [-0.2, 0) is 0 Å². The van der Waals surface area contributed by atoms with Crippen LogP contribution in [0.15, 0.2) is 36.9 Å². The van der Waals surface area contributed by atoms with E-state index < -0.39 is 0 Å². The highest BCUT2D eigenvalue weighted by Crippen LogP contribution is 2.22. The maximum absolute atomic E-state index is 5.27. The molecule has 2 nitrogen and oxygen atoms in total. The molecular formula is C14H21NO. The zero-order valence-electron chi connectivity index (χ0n) is 10.0. The van der Waals surface area contributed by atoms with E-state index >= 15 is 0 Å². The molecule has 0 saturated heterocycles. The van der Waals surface area contributed by atoms with Gasteiger partial charge in [-0.2, -0.15) is 0 Å². The second-order valence-corrected chi connectivity index (χ2v) is 3.77. The van der Waals surface area contributed by atoms with Gasteiger partial charge < -0.3 is 10.1 Å². The van der Waals surface area contributed by atoms with E-state index in [1.165, 1.54) is 19.3 Å². The summed E-state index contributed by atoms with van der Waals surface area (Å²) in [6.45, 7) is 4.71. The molecule has 0 amide bonds. The zero-order chi connectivity index (χ0) is 11.6. The molecule has 0 aliphatic heterocycles. The molecule has 0 aliphatic rings. The first-order valence-electron chi connectivity index (χ1n) is 5.86. The molecule has 2 heteroatoms. The molecule has 1 aromatic carbocycles. The van der Waals surface area contributed by atoms with E-state index in [-0.39, 0.29) is 0 Å². The molecule has 1 N–H and O–H groups in total. The Labute approximate surface area is 98.3 Å². The molecule has 16 heavy (non-hydrogen) atoms. The highest BCUT2D eigenvalue weighted by molar-refractivity contribution is 5.55. The van der Waals surface area contributed by atoms with Crippen LogP contribution in [0.1, 0.15) is 25.7 Å². The lowest BCUT2D eigenvalue weighted by Crippen LogP contribution is -2.02. The number of nitrogens with one attached hydrogen (secondary N) is 1. The van der Waals surface area contributed by atoms with E-state index in [4.69, 9.17) is 4.74 Å². The van der Waals surface area contributed by atoms with Crippen molar-refractivity contribution in [3.8, 4) is 5.75 Å². The SMILES string of the molecule is C=CCCCCCNc1ccccc1OC. The summed E-state index contributed by atoms with van der Waals surface area (Å²) in [7, 11) is 1.70. The average Bonchev–Trinajstić information content (AvgIpc) is 2.34. The Bertz CT molecular complexity index is 309. The van der Waals surface area contributed by atoms with E-state index in [1.807, 2.05) is 30.3 Å². The van der Waals surface area contributed by atoms with Crippen LogP contribution in [0.5, 0.6) is 5.75 Å². The molecule has 0 atom stereocenters. The van der Waals surface area contributed by atoms with Crippen LogP contribution >= 0.6 is 0 Å². The van der Waals surface area contributed by atoms with Crippen LogP contribution in [0.2, 0.25) is 0 Å². The summed E-state index contributed by atoms with van der Waals surface area (Å²) < 4.78 is 5.27. The van der Waals surface area contributed by atoms with Gasteiger partial charge in [-0.15, -0.1) is 6.58 Å². The highest BCUT2D eigenvalue weighted by Gasteiger charge is 1.99. The highest BCUT2D eigenvalue weighted by atomic mass is 16.5. The molecule has 0 unspecified atom stereocenters. The Morgan fingerprint density at radius 3 is 2.81 bits per heavy atom. The third-order valence-electron chi connectivity index (χ3n) is 2.51. The average molecular weight is 219 g/mol. The van der Waals surface area contributed by atoms with Gasteiger partial charge in [0, 0.05) is 6.54 Å². The van der Waals surface area contributed by atoms with Crippen LogP contribution in [-0.4, -0.2) is 13.7 Å². The Morgan fingerprint density at radius 2 is 2.06 bits per heavy atom. The number of para-hydroxylation sites is 2. The predicted octanol–water partition coefficient (Wildman–Crippen LogP) is 3.85. The first-order valence-corrected chi connectivity index (χ1v) is 5.86. The Balaban J connectivity index is 2.23. The van der Waals surface area contributed by atoms with E-state index in [9.17, 15) is 0 Å². The second-order valence-electron chi connectivity index (χ2n) is 3.77. The molecule has 1 aromatic rings. The smallest absolute Gasteiger partial charge is 0.141 e. The van der Waals surface area contributed by atoms with Crippen LogP contribution in [0.25, 0.3) is 0 Å². The minimum atomic E-state index is 0.911. The van der Waals surface area contributed by atoms with Gasteiger partial charge in [-0.3, -0.25) is 0 Å². The van der Waals surface area contributed by atoms with Crippen molar-refractivity contribution in [3.63, 3.8) is 0 Å². The lowest BCUT2D eigenvalue weighted by atomic mass is 10.2. The zero-order valence-corrected chi connectivity index (χ0v) is 10.0. The maximum Gasteiger partial charge on any atom is 0.141 e. The third kappa shape index (κ3) is 4.39. The Hall–Kier alpha value is -1.44. The number of anilines is 1. The third-order valence-corrected chi connectivity index (χ3v) is 2.51. The number of ether oxygens (including phenoxy) is 1. The molecule has 1 rings (SSSR count). The molecule has 0 aromatic heterocycles. The largest absolute Gasteiger partial charge is 0.495 e. The normalized spacial score (nSPS) is 9.81. The lowest BCUT2D eigenvalue weighted by molar-refractivity contribution is 0.416. The summed E-state index contributed by atoms with van der Waals surface area (Å²) in [6.07, 6.45) is 6.76. The van der Waals surface area contributed by atoms with E-state index in [1.54, 1.807) is 7.11 Å². The minimum absolute atomic E-state index is 0.911. The number of benzene rings is 1. The van der Waals surface area contributed by atoms with Crippen molar-refractivity contribution in [2.75, 3.05) is 19.0 Å². The van der Waals surface area contributed by atoms with Crippen molar-refractivity contribution in [3.05, 3.63) is 36.9 Å². The number of allylic oxidation sites excluding steroid dienone is 1. The van der Waals surface area contributed by atoms with E-state index in [0.717, 1.165) is 24.4 Å². The van der Waals surface area contributed by atoms with Crippen LogP contribution in [0.3, 0.4) is 0 Å². The summed E-state index contributed by atoms with van der Waals surface area (Å²) in [4.78, 5) is 0. The van der Waals surface area contributed by atoms with Crippen molar-refractivity contribution in [2.24, 2.45) is 0 Å². The molecule has 88 valence electrons. The minimum Gasteiger partial charge on any atom is -0.495 e. The first-order chi connectivity index (χ1) is 7.88. The van der Waals surface area contributed by atoms with Crippen molar-refractivity contribution >= 4 is 5.69 Å². The van der Waals surface area contributed by atoms with Crippen molar-refractivity contribution < 1.29 is 4.74 Å². The van der Waals surface area contributed by atoms with Crippen molar-refractivity contribution in [1.82, 2.24) is 0 Å². The number of hydrogen-bond acceptors (Lipinski definition) is 2. The fourth-order valence-electron chi connectivity index (χ4n) is 1.60. The summed E-state index contributed by atoms with van der Waals surface area (Å²) in [5.74, 6) is 0.911. The second kappa shape index (κ2) is 7.80. The van der Waals surface area contributed by atoms with Gasteiger partial charge in [0.1, 0.15) is 5.75 Å². The van der Waals surface area contributed by atoms with Crippen LogP contribution < -0.4 is 10.1 Å². The monoisotopic (exact) mass is 219 g/mol. The molecule has 0 spiro atoms. The molecule has 0 fully saturated rings. The fraction of sp³-hybridized carbons (Fsp3) is 0.429. The molecule has 0 saturated carbocycles. The van der Waals surface area contributed by atoms with Gasteiger partial charge in [0.25, 0.3) is 0 Å². The molecule has 0 radical (unpaired) electrons. The van der Waals surface area contributed by atoms with Crippen LogP contribution in [0.4, 0.5) is 5.69 Å². The molecular weight excluding hydrogens is 198 g/mol. The van der Waals surface area contributed by atoms with Gasteiger partial charge >= 0.3 is 0 Å². The predicted molar refractivity (Wildman–Crippen MR) is 70.1 cm³/mol.